The van der Waals surface area contributed by atoms with Gasteiger partial charge in [-0.15, -0.1) is 10.2 Å². The van der Waals surface area contributed by atoms with E-state index in [0.29, 0.717) is 24.0 Å². The molecule has 0 bridgehead atoms. The lowest BCUT2D eigenvalue weighted by Crippen LogP contribution is -2.15. The van der Waals surface area contributed by atoms with Crippen LogP contribution in [0.5, 0.6) is 11.5 Å². The summed E-state index contributed by atoms with van der Waals surface area (Å²) < 4.78 is 12.0. The summed E-state index contributed by atoms with van der Waals surface area (Å²) in [6.45, 7) is 3.06. The van der Waals surface area contributed by atoms with E-state index < -0.39 is 0 Å². The fourth-order valence-electron chi connectivity index (χ4n) is 1.73. The molecule has 0 saturated heterocycles. The van der Waals surface area contributed by atoms with E-state index in [0.717, 1.165) is 26.4 Å². The molecule has 1 aliphatic rings. The van der Waals surface area contributed by atoms with Crippen molar-refractivity contribution in [2.75, 3.05) is 13.2 Å². The molecule has 100 valence electrons. The summed E-state index contributed by atoms with van der Waals surface area (Å²) >= 11 is 9.43. The highest BCUT2D eigenvalue weighted by molar-refractivity contribution is 8.00. The van der Waals surface area contributed by atoms with Crippen LogP contribution in [0.15, 0.2) is 16.5 Å². The summed E-state index contributed by atoms with van der Waals surface area (Å²) in [6.07, 6.45) is 0. The Labute approximate surface area is 124 Å². The number of rotatable bonds is 3. The first-order valence-corrected chi connectivity index (χ1v) is 7.91. The Kier molecular flexibility index (Phi) is 3.81. The quantitative estimate of drug-likeness (QED) is 0.810. The first-order valence-electron chi connectivity index (χ1n) is 5.73. The van der Waals surface area contributed by atoms with Gasteiger partial charge in [-0.2, -0.15) is 0 Å². The van der Waals surface area contributed by atoms with Crippen molar-refractivity contribution in [2.24, 2.45) is 0 Å². The van der Waals surface area contributed by atoms with Crippen molar-refractivity contribution >= 4 is 34.7 Å². The summed E-state index contributed by atoms with van der Waals surface area (Å²) in [5.41, 5.74) is 1.09. The highest BCUT2D eigenvalue weighted by Crippen LogP contribution is 2.39. The van der Waals surface area contributed by atoms with Gasteiger partial charge in [0.1, 0.15) is 18.2 Å². The topological polar surface area (TPSA) is 44.2 Å². The number of fused-ring (bicyclic) bond motifs is 1. The maximum Gasteiger partial charge on any atom is 0.179 e. The van der Waals surface area contributed by atoms with Gasteiger partial charge in [-0.3, -0.25) is 0 Å². The molecule has 0 saturated carbocycles. The zero-order valence-electron chi connectivity index (χ0n) is 10.2. The molecule has 0 amide bonds. The van der Waals surface area contributed by atoms with Crippen LogP contribution < -0.4 is 9.47 Å². The van der Waals surface area contributed by atoms with Gasteiger partial charge in [0.15, 0.2) is 15.8 Å². The molecule has 2 aromatic rings. The molecule has 0 spiro atoms. The molecule has 0 unspecified atom stereocenters. The van der Waals surface area contributed by atoms with Crippen LogP contribution in [0.2, 0.25) is 5.02 Å². The van der Waals surface area contributed by atoms with Crippen LogP contribution >= 0.6 is 34.7 Å². The van der Waals surface area contributed by atoms with Gasteiger partial charge in [0.2, 0.25) is 0 Å². The van der Waals surface area contributed by atoms with Gasteiger partial charge in [-0.1, -0.05) is 34.7 Å². The zero-order valence-corrected chi connectivity index (χ0v) is 12.6. The number of hydrogen-bond donors (Lipinski definition) is 0. The molecule has 19 heavy (non-hydrogen) atoms. The second-order valence-electron chi connectivity index (χ2n) is 3.98. The van der Waals surface area contributed by atoms with E-state index in [9.17, 15) is 0 Å². The normalized spacial score (nSPS) is 13.6. The molecule has 0 atom stereocenters. The second-order valence-corrected chi connectivity index (χ2v) is 6.79. The van der Waals surface area contributed by atoms with Gasteiger partial charge in [0, 0.05) is 5.75 Å². The van der Waals surface area contributed by atoms with Crippen LogP contribution in [0.4, 0.5) is 0 Å². The van der Waals surface area contributed by atoms with Gasteiger partial charge in [-0.05, 0) is 24.6 Å². The van der Waals surface area contributed by atoms with Gasteiger partial charge in [-0.25, -0.2) is 0 Å². The lowest BCUT2D eigenvalue weighted by atomic mass is 10.2. The Morgan fingerprint density at radius 2 is 2.16 bits per heavy atom. The Morgan fingerprint density at radius 1 is 1.32 bits per heavy atom. The summed E-state index contributed by atoms with van der Waals surface area (Å²) in [7, 11) is 0. The van der Waals surface area contributed by atoms with Crippen LogP contribution in [0.25, 0.3) is 0 Å². The lowest BCUT2D eigenvalue weighted by molar-refractivity contribution is 0.171. The molecule has 0 radical (unpaired) electrons. The van der Waals surface area contributed by atoms with Crippen molar-refractivity contribution < 1.29 is 9.47 Å². The van der Waals surface area contributed by atoms with E-state index in [-0.39, 0.29) is 0 Å². The zero-order chi connectivity index (χ0) is 13.2. The third kappa shape index (κ3) is 2.96. The number of ether oxygens (including phenoxy) is 2. The Bertz CT molecular complexity index is 603. The highest BCUT2D eigenvalue weighted by atomic mass is 35.5. The molecular formula is C12H11ClN2O2S2. The summed E-state index contributed by atoms with van der Waals surface area (Å²) in [5.74, 6) is 2.15. The molecular weight excluding hydrogens is 304 g/mol. The minimum atomic E-state index is 0.547. The average Bonchev–Trinajstić information content (AvgIpc) is 2.82. The number of benzene rings is 1. The molecule has 3 rings (SSSR count). The SMILES string of the molecule is Cc1nnc(SCc2cc(Cl)c3c(c2)OCCO3)s1. The van der Waals surface area contributed by atoms with Crippen LogP contribution in [0, 0.1) is 6.92 Å². The third-order valence-electron chi connectivity index (χ3n) is 2.53. The largest absolute Gasteiger partial charge is 0.486 e. The van der Waals surface area contributed by atoms with E-state index in [1.54, 1.807) is 23.1 Å². The van der Waals surface area contributed by atoms with E-state index in [1.807, 2.05) is 19.1 Å². The average molecular weight is 315 g/mol. The van der Waals surface area contributed by atoms with Gasteiger partial charge >= 0.3 is 0 Å². The third-order valence-corrected chi connectivity index (χ3v) is 4.85. The minimum absolute atomic E-state index is 0.547. The van der Waals surface area contributed by atoms with Crippen LogP contribution in [-0.2, 0) is 5.75 Å². The molecule has 0 fully saturated rings. The fraction of sp³-hybridized carbons (Fsp3) is 0.333. The molecule has 0 aliphatic carbocycles. The maximum atomic E-state index is 6.19. The van der Waals surface area contributed by atoms with Crippen LogP contribution in [-0.4, -0.2) is 23.4 Å². The predicted molar refractivity (Wildman–Crippen MR) is 76.6 cm³/mol. The first kappa shape index (κ1) is 13.0. The summed E-state index contributed by atoms with van der Waals surface area (Å²) in [4.78, 5) is 0. The number of halogens is 1. The Morgan fingerprint density at radius 3 is 2.95 bits per heavy atom. The smallest absolute Gasteiger partial charge is 0.179 e. The molecule has 1 aromatic heterocycles. The van der Waals surface area contributed by atoms with Crippen LogP contribution in [0.1, 0.15) is 10.6 Å². The minimum Gasteiger partial charge on any atom is -0.486 e. The number of aromatic nitrogens is 2. The highest BCUT2D eigenvalue weighted by Gasteiger charge is 2.16. The number of nitrogens with zero attached hydrogens (tertiary/aromatic N) is 2. The van der Waals surface area contributed by atoms with Crippen molar-refractivity contribution in [1.82, 2.24) is 10.2 Å². The van der Waals surface area contributed by atoms with Gasteiger partial charge in [0.25, 0.3) is 0 Å². The van der Waals surface area contributed by atoms with Gasteiger partial charge in [0.05, 0.1) is 5.02 Å². The van der Waals surface area contributed by atoms with E-state index in [1.165, 1.54) is 0 Å². The van der Waals surface area contributed by atoms with Crippen molar-refractivity contribution in [3.05, 3.63) is 27.7 Å². The van der Waals surface area contributed by atoms with Crippen LogP contribution in [0.3, 0.4) is 0 Å². The van der Waals surface area contributed by atoms with E-state index in [2.05, 4.69) is 10.2 Å². The van der Waals surface area contributed by atoms with Crippen molar-refractivity contribution in [1.29, 1.82) is 0 Å². The molecule has 1 aromatic carbocycles. The van der Waals surface area contributed by atoms with E-state index >= 15 is 0 Å². The molecule has 1 aliphatic heterocycles. The summed E-state index contributed by atoms with van der Waals surface area (Å²) in [5, 5.41) is 9.65. The monoisotopic (exact) mass is 314 g/mol. The second kappa shape index (κ2) is 5.56. The van der Waals surface area contributed by atoms with Crippen molar-refractivity contribution in [3.8, 4) is 11.5 Å². The summed E-state index contributed by atoms with van der Waals surface area (Å²) in [6, 6.07) is 3.89. The van der Waals surface area contributed by atoms with Crippen molar-refractivity contribution in [2.45, 2.75) is 17.0 Å². The number of aryl methyl sites for hydroxylation is 1. The van der Waals surface area contributed by atoms with E-state index in [4.69, 9.17) is 21.1 Å². The molecule has 2 heterocycles. The molecule has 0 N–H and O–H groups in total. The number of hydrogen-bond acceptors (Lipinski definition) is 6. The fourth-order valence-corrected chi connectivity index (χ4v) is 3.76. The predicted octanol–water partition coefficient (Wildman–Crippen LogP) is 3.56. The maximum absolute atomic E-state index is 6.19. The molecule has 4 nitrogen and oxygen atoms in total. The Hall–Kier alpha value is -0.980. The van der Waals surface area contributed by atoms with Gasteiger partial charge < -0.3 is 9.47 Å². The standard InChI is InChI=1S/C12H11ClN2O2S2/c1-7-14-15-12(19-7)18-6-8-4-9(13)11-10(5-8)16-2-3-17-11/h4-5H,2-3,6H2,1H3. The number of thioether (sulfide) groups is 1. The lowest BCUT2D eigenvalue weighted by Gasteiger charge is -2.20. The first-order chi connectivity index (χ1) is 9.22. The van der Waals surface area contributed by atoms with Crippen molar-refractivity contribution in [3.63, 3.8) is 0 Å². The Balaban J connectivity index is 1.76. The molecule has 7 heteroatoms.